The monoisotopic (exact) mass is 231 g/mol. The zero-order valence-corrected chi connectivity index (χ0v) is 9.78. The maximum absolute atomic E-state index is 5.48. The van der Waals surface area contributed by atoms with Crippen molar-refractivity contribution in [3.8, 4) is 0 Å². The fraction of sp³-hybridized carbons (Fsp3) is 0.462. The molecule has 1 unspecified atom stereocenters. The van der Waals surface area contributed by atoms with Crippen LogP contribution in [0.5, 0.6) is 0 Å². The van der Waals surface area contributed by atoms with Crippen LogP contribution < -0.4 is 5.32 Å². The van der Waals surface area contributed by atoms with Gasteiger partial charge >= 0.3 is 0 Å². The molecule has 0 aliphatic carbocycles. The Hall–Kier alpha value is -1.55. The van der Waals surface area contributed by atoms with Crippen molar-refractivity contribution in [3.63, 3.8) is 0 Å². The molecule has 0 radical (unpaired) electrons. The number of fused-ring (bicyclic) bond motifs is 1. The van der Waals surface area contributed by atoms with Crippen LogP contribution in [0.3, 0.4) is 0 Å². The minimum Gasteiger partial charge on any atom is -0.384 e. The Kier molecular flexibility index (Phi) is 2.96. The van der Waals surface area contributed by atoms with E-state index in [0.29, 0.717) is 5.92 Å². The summed E-state index contributed by atoms with van der Waals surface area (Å²) in [6.45, 7) is 2.78. The van der Waals surface area contributed by atoms with Gasteiger partial charge in [-0.05, 0) is 30.9 Å². The second-order valence-electron chi connectivity index (χ2n) is 4.60. The van der Waals surface area contributed by atoms with Crippen molar-refractivity contribution < 1.29 is 4.74 Å². The second-order valence-corrected chi connectivity index (χ2v) is 4.60. The Balaban J connectivity index is 1.69. The van der Waals surface area contributed by atoms with Gasteiger partial charge in [0.1, 0.15) is 0 Å². The molecule has 1 saturated heterocycles. The highest BCUT2D eigenvalue weighted by atomic mass is 16.5. The number of nitrogens with zero attached hydrogens (tertiary/aromatic N) is 1. The van der Waals surface area contributed by atoms with Crippen LogP contribution in [0, 0.1) is 5.92 Å². The molecular formula is C13H17N3O. The molecule has 1 aliphatic rings. The smallest absolute Gasteiger partial charge is 0.0671 e. The van der Waals surface area contributed by atoms with E-state index in [9.17, 15) is 0 Å². The number of hydrogen-bond acceptors (Lipinski definition) is 3. The summed E-state index contributed by atoms with van der Waals surface area (Å²) >= 11 is 0. The maximum atomic E-state index is 5.48. The number of nitrogens with one attached hydrogen (secondary N) is 2. The van der Waals surface area contributed by atoms with Crippen LogP contribution in [-0.4, -0.2) is 30.0 Å². The summed E-state index contributed by atoms with van der Waals surface area (Å²) in [5.41, 5.74) is 2.23. The van der Waals surface area contributed by atoms with Gasteiger partial charge in [0, 0.05) is 24.2 Å². The molecule has 90 valence electrons. The third-order valence-corrected chi connectivity index (χ3v) is 3.32. The minimum absolute atomic E-state index is 0.630. The molecule has 3 rings (SSSR count). The molecule has 0 saturated carbocycles. The highest BCUT2D eigenvalue weighted by molar-refractivity contribution is 5.90. The first-order valence-electron chi connectivity index (χ1n) is 6.17. The number of ether oxygens (including phenoxy) is 1. The van der Waals surface area contributed by atoms with Gasteiger partial charge in [-0.25, -0.2) is 0 Å². The van der Waals surface area contributed by atoms with Gasteiger partial charge in [0.05, 0.1) is 18.3 Å². The van der Waals surface area contributed by atoms with Crippen molar-refractivity contribution in [2.45, 2.75) is 12.8 Å². The maximum Gasteiger partial charge on any atom is 0.0671 e. The van der Waals surface area contributed by atoms with E-state index in [-0.39, 0.29) is 0 Å². The summed E-state index contributed by atoms with van der Waals surface area (Å²) in [6, 6.07) is 6.18. The zero-order chi connectivity index (χ0) is 11.5. The lowest BCUT2D eigenvalue weighted by molar-refractivity contribution is 0.0595. The Morgan fingerprint density at radius 2 is 2.47 bits per heavy atom. The SMILES string of the molecule is c1cc(NCC2CCCOC2)c2cn[nH]c2c1. The van der Waals surface area contributed by atoms with E-state index >= 15 is 0 Å². The Bertz CT molecular complexity index is 488. The molecule has 1 fully saturated rings. The van der Waals surface area contributed by atoms with Gasteiger partial charge in [-0.1, -0.05) is 6.07 Å². The van der Waals surface area contributed by atoms with E-state index in [0.717, 1.165) is 36.3 Å². The number of benzene rings is 1. The van der Waals surface area contributed by atoms with Gasteiger partial charge in [0.2, 0.25) is 0 Å². The number of aromatic amines is 1. The first-order chi connectivity index (χ1) is 8.43. The van der Waals surface area contributed by atoms with Crippen LogP contribution in [0.25, 0.3) is 10.9 Å². The van der Waals surface area contributed by atoms with Crippen LogP contribution >= 0.6 is 0 Å². The van der Waals surface area contributed by atoms with Crippen molar-refractivity contribution in [1.82, 2.24) is 10.2 Å². The Morgan fingerprint density at radius 3 is 3.35 bits per heavy atom. The van der Waals surface area contributed by atoms with E-state index in [1.54, 1.807) is 0 Å². The van der Waals surface area contributed by atoms with Crippen molar-refractivity contribution in [3.05, 3.63) is 24.4 Å². The van der Waals surface area contributed by atoms with Crippen LogP contribution in [0.1, 0.15) is 12.8 Å². The number of hydrogen-bond donors (Lipinski definition) is 2. The zero-order valence-electron chi connectivity index (χ0n) is 9.78. The normalized spacial score (nSPS) is 20.6. The average molecular weight is 231 g/mol. The summed E-state index contributed by atoms with van der Waals surface area (Å²) in [4.78, 5) is 0. The summed E-state index contributed by atoms with van der Waals surface area (Å²) in [5.74, 6) is 0.630. The summed E-state index contributed by atoms with van der Waals surface area (Å²) in [5, 5.41) is 11.7. The molecular weight excluding hydrogens is 214 g/mol. The van der Waals surface area contributed by atoms with Crippen LogP contribution in [0.2, 0.25) is 0 Å². The summed E-state index contributed by atoms with van der Waals surface area (Å²) < 4.78 is 5.48. The average Bonchev–Trinajstić information content (AvgIpc) is 2.86. The quantitative estimate of drug-likeness (QED) is 0.852. The van der Waals surface area contributed by atoms with E-state index in [1.165, 1.54) is 12.8 Å². The van der Waals surface area contributed by atoms with Gasteiger partial charge in [-0.15, -0.1) is 0 Å². The highest BCUT2D eigenvalue weighted by Crippen LogP contribution is 2.22. The first kappa shape index (κ1) is 10.6. The van der Waals surface area contributed by atoms with Gasteiger partial charge in [-0.2, -0.15) is 5.10 Å². The Morgan fingerprint density at radius 1 is 1.47 bits per heavy atom. The number of anilines is 1. The third kappa shape index (κ3) is 2.26. The van der Waals surface area contributed by atoms with Crippen molar-refractivity contribution in [1.29, 1.82) is 0 Å². The fourth-order valence-corrected chi connectivity index (χ4v) is 2.34. The lowest BCUT2D eigenvalue weighted by Gasteiger charge is -2.22. The fourth-order valence-electron chi connectivity index (χ4n) is 2.34. The van der Waals surface area contributed by atoms with Crippen molar-refractivity contribution in [2.24, 2.45) is 5.92 Å². The standard InChI is InChI=1S/C13H17N3O/c1-4-12(11-8-15-16-13(11)5-1)14-7-10-3-2-6-17-9-10/h1,4-5,8,10,14H,2-3,6-7,9H2,(H,15,16). The number of H-pyrrole nitrogens is 1. The van der Waals surface area contributed by atoms with Gasteiger partial charge in [-0.3, -0.25) is 5.10 Å². The molecule has 0 bridgehead atoms. The van der Waals surface area contributed by atoms with E-state index in [4.69, 9.17) is 4.74 Å². The predicted molar refractivity (Wildman–Crippen MR) is 68.1 cm³/mol. The molecule has 0 spiro atoms. The molecule has 4 heteroatoms. The van der Waals surface area contributed by atoms with Crippen LogP contribution in [0.4, 0.5) is 5.69 Å². The molecule has 1 atom stereocenters. The molecule has 0 amide bonds. The lowest BCUT2D eigenvalue weighted by atomic mass is 10.0. The van der Waals surface area contributed by atoms with Crippen LogP contribution in [0.15, 0.2) is 24.4 Å². The molecule has 4 nitrogen and oxygen atoms in total. The largest absolute Gasteiger partial charge is 0.384 e. The van der Waals surface area contributed by atoms with Crippen molar-refractivity contribution in [2.75, 3.05) is 25.1 Å². The molecule has 2 aromatic rings. The van der Waals surface area contributed by atoms with Gasteiger partial charge in [0.15, 0.2) is 0 Å². The number of aromatic nitrogens is 2. The van der Waals surface area contributed by atoms with Gasteiger partial charge < -0.3 is 10.1 Å². The van der Waals surface area contributed by atoms with E-state index in [2.05, 4.69) is 21.6 Å². The molecule has 17 heavy (non-hydrogen) atoms. The van der Waals surface area contributed by atoms with Crippen LogP contribution in [-0.2, 0) is 4.74 Å². The molecule has 2 heterocycles. The van der Waals surface area contributed by atoms with Gasteiger partial charge in [0.25, 0.3) is 0 Å². The first-order valence-corrected chi connectivity index (χ1v) is 6.17. The van der Waals surface area contributed by atoms with E-state index < -0.39 is 0 Å². The lowest BCUT2D eigenvalue weighted by Crippen LogP contribution is -2.24. The highest BCUT2D eigenvalue weighted by Gasteiger charge is 2.13. The topological polar surface area (TPSA) is 49.9 Å². The Labute approximate surface area is 100 Å². The van der Waals surface area contributed by atoms with E-state index in [1.807, 2.05) is 18.3 Å². The second kappa shape index (κ2) is 4.75. The summed E-state index contributed by atoms with van der Waals surface area (Å²) in [6.07, 6.45) is 4.31. The number of rotatable bonds is 3. The molecule has 1 aromatic carbocycles. The predicted octanol–water partition coefficient (Wildman–Crippen LogP) is 2.40. The third-order valence-electron chi connectivity index (χ3n) is 3.32. The van der Waals surface area contributed by atoms with Crippen molar-refractivity contribution >= 4 is 16.6 Å². The summed E-state index contributed by atoms with van der Waals surface area (Å²) in [7, 11) is 0. The molecule has 2 N–H and O–H groups in total. The molecule has 1 aromatic heterocycles. The molecule has 1 aliphatic heterocycles. The minimum atomic E-state index is 0.630.